The molecular formula is C13H20N2O5. The molecule has 0 saturated carbocycles. The number of nitrogens with one attached hydrogen (secondary N) is 1. The highest BCUT2D eigenvalue weighted by molar-refractivity contribution is 5.89. The molecule has 2 atom stereocenters. The largest absolute Gasteiger partial charge is 0.461 e. The van der Waals surface area contributed by atoms with Gasteiger partial charge in [0.15, 0.2) is 0 Å². The average molecular weight is 284 g/mol. The van der Waals surface area contributed by atoms with Gasteiger partial charge in [-0.3, -0.25) is 4.79 Å². The van der Waals surface area contributed by atoms with Gasteiger partial charge in [0.1, 0.15) is 11.8 Å². The fraction of sp³-hybridized carbons (Fsp3) is 0.538. The number of hydrogen-bond acceptors (Lipinski definition) is 5. The summed E-state index contributed by atoms with van der Waals surface area (Å²) in [6.45, 7) is 5.21. The molecule has 7 heteroatoms. The summed E-state index contributed by atoms with van der Waals surface area (Å²) < 4.78 is 4.89. The van der Waals surface area contributed by atoms with E-state index < -0.39 is 24.1 Å². The third-order valence-corrected chi connectivity index (χ3v) is 3.05. The number of esters is 1. The number of amides is 1. The fourth-order valence-corrected chi connectivity index (χ4v) is 2.13. The molecule has 7 nitrogen and oxygen atoms in total. The molecule has 112 valence electrons. The van der Waals surface area contributed by atoms with Crippen LogP contribution in [0.3, 0.4) is 0 Å². The van der Waals surface area contributed by atoms with Gasteiger partial charge in [-0.05, 0) is 26.3 Å². The van der Waals surface area contributed by atoms with Gasteiger partial charge >= 0.3 is 5.97 Å². The maximum absolute atomic E-state index is 11.7. The SMILES string of the molecule is CCOC(=O)c1[nH]c(C)c(C(O)C(O)CC(N)=O)c1C. The Balaban J connectivity index is 3.07. The van der Waals surface area contributed by atoms with Crippen LogP contribution in [0.15, 0.2) is 0 Å². The number of aromatic nitrogens is 1. The van der Waals surface area contributed by atoms with Crippen LogP contribution in [-0.4, -0.2) is 39.8 Å². The van der Waals surface area contributed by atoms with Crippen molar-refractivity contribution in [2.75, 3.05) is 6.61 Å². The number of carbonyl (C=O) groups excluding carboxylic acids is 2. The second-order valence-corrected chi connectivity index (χ2v) is 4.57. The van der Waals surface area contributed by atoms with E-state index in [2.05, 4.69) is 4.98 Å². The van der Waals surface area contributed by atoms with Crippen molar-refractivity contribution in [2.24, 2.45) is 5.73 Å². The number of aromatic amines is 1. The zero-order valence-electron chi connectivity index (χ0n) is 11.8. The van der Waals surface area contributed by atoms with Crippen molar-refractivity contribution in [1.29, 1.82) is 0 Å². The Hall–Kier alpha value is -1.86. The van der Waals surface area contributed by atoms with Gasteiger partial charge in [-0.2, -0.15) is 0 Å². The third-order valence-electron chi connectivity index (χ3n) is 3.05. The lowest BCUT2D eigenvalue weighted by Gasteiger charge is -2.17. The maximum Gasteiger partial charge on any atom is 0.355 e. The first-order valence-corrected chi connectivity index (χ1v) is 6.30. The summed E-state index contributed by atoms with van der Waals surface area (Å²) in [6.07, 6.45) is -2.99. The van der Waals surface area contributed by atoms with Crippen molar-refractivity contribution in [3.63, 3.8) is 0 Å². The smallest absolute Gasteiger partial charge is 0.355 e. The summed E-state index contributed by atoms with van der Waals surface area (Å²) in [7, 11) is 0. The molecule has 1 aromatic heterocycles. The van der Waals surface area contributed by atoms with E-state index in [4.69, 9.17) is 10.5 Å². The van der Waals surface area contributed by atoms with Gasteiger partial charge in [-0.15, -0.1) is 0 Å². The minimum atomic E-state index is -1.32. The number of aliphatic hydroxyl groups is 2. The molecular weight excluding hydrogens is 264 g/mol. The van der Waals surface area contributed by atoms with Crippen molar-refractivity contribution in [3.05, 3.63) is 22.5 Å². The first kappa shape index (κ1) is 16.2. The van der Waals surface area contributed by atoms with Gasteiger partial charge in [0.2, 0.25) is 5.91 Å². The molecule has 0 fully saturated rings. The first-order chi connectivity index (χ1) is 9.29. The molecule has 1 heterocycles. The van der Waals surface area contributed by atoms with Crippen LogP contribution in [0, 0.1) is 13.8 Å². The quantitative estimate of drug-likeness (QED) is 0.550. The number of H-pyrrole nitrogens is 1. The van der Waals surface area contributed by atoms with E-state index in [0.29, 0.717) is 16.8 Å². The van der Waals surface area contributed by atoms with Gasteiger partial charge in [-0.25, -0.2) is 4.79 Å². The molecule has 1 aromatic rings. The molecule has 0 saturated heterocycles. The number of carbonyl (C=O) groups is 2. The Morgan fingerprint density at radius 2 is 1.95 bits per heavy atom. The van der Waals surface area contributed by atoms with Crippen LogP contribution in [0.4, 0.5) is 0 Å². The van der Waals surface area contributed by atoms with Gasteiger partial charge < -0.3 is 25.7 Å². The zero-order valence-corrected chi connectivity index (χ0v) is 11.8. The van der Waals surface area contributed by atoms with Crippen molar-refractivity contribution in [3.8, 4) is 0 Å². The van der Waals surface area contributed by atoms with Crippen LogP contribution in [0.2, 0.25) is 0 Å². The summed E-state index contributed by atoms with van der Waals surface area (Å²) >= 11 is 0. The minimum absolute atomic E-state index is 0.227. The molecule has 20 heavy (non-hydrogen) atoms. The van der Waals surface area contributed by atoms with E-state index >= 15 is 0 Å². The fourth-order valence-electron chi connectivity index (χ4n) is 2.13. The molecule has 0 radical (unpaired) electrons. The summed E-state index contributed by atoms with van der Waals surface area (Å²) in [6, 6.07) is 0. The molecule has 1 rings (SSSR count). The number of primary amides is 1. The maximum atomic E-state index is 11.7. The van der Waals surface area contributed by atoms with Gasteiger partial charge in [-0.1, -0.05) is 0 Å². The number of aryl methyl sites for hydroxylation is 1. The van der Waals surface area contributed by atoms with Crippen molar-refractivity contribution in [1.82, 2.24) is 4.98 Å². The molecule has 0 aliphatic rings. The topological polar surface area (TPSA) is 126 Å². The minimum Gasteiger partial charge on any atom is -0.461 e. The van der Waals surface area contributed by atoms with E-state index in [1.54, 1.807) is 20.8 Å². The number of rotatable bonds is 6. The van der Waals surface area contributed by atoms with E-state index in [1.165, 1.54) is 0 Å². The van der Waals surface area contributed by atoms with E-state index in [0.717, 1.165) is 0 Å². The second-order valence-electron chi connectivity index (χ2n) is 4.57. The lowest BCUT2D eigenvalue weighted by atomic mass is 9.98. The Bertz CT molecular complexity index is 509. The lowest BCUT2D eigenvalue weighted by molar-refractivity contribution is -0.121. The van der Waals surface area contributed by atoms with Crippen LogP contribution < -0.4 is 5.73 Å². The normalized spacial score (nSPS) is 13.8. The van der Waals surface area contributed by atoms with Crippen LogP contribution in [0.5, 0.6) is 0 Å². The van der Waals surface area contributed by atoms with Crippen LogP contribution in [0.1, 0.15) is 46.8 Å². The highest BCUT2D eigenvalue weighted by Crippen LogP contribution is 2.28. The molecule has 5 N–H and O–H groups in total. The second kappa shape index (κ2) is 6.53. The van der Waals surface area contributed by atoms with Gasteiger partial charge in [0.25, 0.3) is 0 Å². The van der Waals surface area contributed by atoms with Crippen molar-refractivity contribution < 1.29 is 24.5 Å². The highest BCUT2D eigenvalue weighted by Gasteiger charge is 2.28. The summed E-state index contributed by atoms with van der Waals surface area (Å²) in [4.78, 5) is 25.3. The van der Waals surface area contributed by atoms with Crippen molar-refractivity contribution >= 4 is 11.9 Å². The van der Waals surface area contributed by atoms with E-state index in [9.17, 15) is 19.8 Å². The van der Waals surface area contributed by atoms with Crippen LogP contribution in [0.25, 0.3) is 0 Å². The summed E-state index contributed by atoms with van der Waals surface area (Å²) in [5.41, 5.74) is 6.60. The highest BCUT2D eigenvalue weighted by atomic mass is 16.5. The van der Waals surface area contributed by atoms with Crippen LogP contribution in [-0.2, 0) is 9.53 Å². The van der Waals surface area contributed by atoms with E-state index in [1.807, 2.05) is 0 Å². The molecule has 2 unspecified atom stereocenters. The zero-order chi connectivity index (χ0) is 15.4. The molecule has 0 aromatic carbocycles. The van der Waals surface area contributed by atoms with E-state index in [-0.39, 0.29) is 18.7 Å². The average Bonchev–Trinajstić information content (AvgIpc) is 2.63. The van der Waals surface area contributed by atoms with Gasteiger partial charge in [0.05, 0.1) is 19.1 Å². The predicted molar refractivity (Wildman–Crippen MR) is 71.0 cm³/mol. The number of ether oxygens (including phenoxy) is 1. The summed E-state index contributed by atoms with van der Waals surface area (Å²) in [5.74, 6) is -1.25. The molecule has 0 aliphatic heterocycles. The Morgan fingerprint density at radius 3 is 2.45 bits per heavy atom. The number of aliphatic hydroxyl groups excluding tert-OH is 2. The van der Waals surface area contributed by atoms with Crippen molar-refractivity contribution in [2.45, 2.75) is 39.4 Å². The monoisotopic (exact) mass is 284 g/mol. The molecule has 0 spiro atoms. The lowest BCUT2D eigenvalue weighted by Crippen LogP contribution is -2.26. The predicted octanol–water partition coefficient (Wildman–Crippen LogP) is 0.0779. The molecule has 0 aliphatic carbocycles. The van der Waals surface area contributed by atoms with Crippen LogP contribution >= 0.6 is 0 Å². The Labute approximate surface area is 116 Å². The molecule has 0 bridgehead atoms. The standard InChI is InChI=1S/C13H20N2O5/c1-4-20-13(19)11-6(2)10(7(3)15-11)12(18)8(16)5-9(14)17/h8,12,15-16,18H,4-5H2,1-3H3,(H2,14,17). The van der Waals surface area contributed by atoms with Gasteiger partial charge in [0, 0.05) is 11.3 Å². The Morgan fingerprint density at radius 1 is 1.35 bits per heavy atom. The summed E-state index contributed by atoms with van der Waals surface area (Å²) in [5, 5.41) is 19.9. The number of nitrogens with two attached hydrogens (primary N) is 1. The third kappa shape index (κ3) is 3.37. The molecule has 1 amide bonds. The Kier molecular flexibility index (Phi) is 5.29. The first-order valence-electron chi connectivity index (χ1n) is 6.30. The number of hydrogen-bond donors (Lipinski definition) is 4.